The molecule has 1 aromatic heterocycles. The summed E-state index contributed by atoms with van der Waals surface area (Å²) in [4.78, 5) is 4.39. The van der Waals surface area contributed by atoms with E-state index < -0.39 is 0 Å². The molecule has 0 saturated heterocycles. The molecule has 20 heavy (non-hydrogen) atoms. The van der Waals surface area contributed by atoms with Crippen molar-refractivity contribution in [1.82, 2.24) is 4.98 Å². The zero-order chi connectivity index (χ0) is 13.9. The highest BCUT2D eigenvalue weighted by Crippen LogP contribution is 2.31. The Balaban J connectivity index is 1.80. The Hall–Kier alpha value is -1.42. The van der Waals surface area contributed by atoms with Gasteiger partial charge in [0.05, 0.1) is 11.2 Å². The molecule has 1 aliphatic rings. The molecule has 106 valence electrons. The maximum Gasteiger partial charge on any atom is 0.0951 e. The maximum atomic E-state index is 6.00. The number of nitrogens with two attached hydrogens (primary N) is 1. The van der Waals surface area contributed by atoms with Crippen LogP contribution < -0.4 is 11.1 Å². The van der Waals surface area contributed by atoms with Crippen molar-refractivity contribution in [1.29, 1.82) is 0 Å². The first-order valence-corrected chi connectivity index (χ1v) is 8.49. The molecule has 1 aliphatic carbocycles. The lowest BCUT2D eigenvalue weighted by atomic mass is 9.94. The third-order valence-electron chi connectivity index (χ3n) is 4.17. The molecule has 1 heterocycles. The van der Waals surface area contributed by atoms with E-state index in [1.807, 2.05) is 30.1 Å². The zero-order valence-electron chi connectivity index (χ0n) is 11.8. The van der Waals surface area contributed by atoms with Crippen LogP contribution in [0.4, 0.5) is 11.4 Å². The molecule has 0 bridgehead atoms. The largest absolute Gasteiger partial charge is 0.397 e. The molecule has 1 saturated carbocycles. The second-order valence-electron chi connectivity index (χ2n) is 5.46. The predicted octanol–water partition coefficient (Wildman–Crippen LogP) is 3.90. The molecule has 0 unspecified atom stereocenters. The number of thioether (sulfide) groups is 1. The van der Waals surface area contributed by atoms with Crippen LogP contribution in [0.3, 0.4) is 0 Å². The van der Waals surface area contributed by atoms with Gasteiger partial charge in [-0.25, -0.2) is 0 Å². The number of benzene rings is 1. The minimum absolute atomic E-state index is 0.574. The monoisotopic (exact) mass is 287 g/mol. The minimum Gasteiger partial charge on any atom is -0.397 e. The molecule has 1 aromatic carbocycles. The van der Waals surface area contributed by atoms with Gasteiger partial charge in [-0.15, -0.1) is 0 Å². The number of pyridine rings is 1. The van der Waals surface area contributed by atoms with Crippen molar-refractivity contribution in [2.24, 2.45) is 0 Å². The lowest BCUT2D eigenvalue weighted by Crippen LogP contribution is -2.27. The van der Waals surface area contributed by atoms with Crippen LogP contribution >= 0.6 is 11.8 Å². The first-order chi connectivity index (χ1) is 9.78. The van der Waals surface area contributed by atoms with Crippen molar-refractivity contribution in [3.05, 3.63) is 30.5 Å². The van der Waals surface area contributed by atoms with Crippen molar-refractivity contribution in [2.75, 3.05) is 17.3 Å². The quantitative estimate of drug-likeness (QED) is 0.841. The summed E-state index contributed by atoms with van der Waals surface area (Å²) >= 11 is 2.00. The Kier molecular flexibility index (Phi) is 4.01. The lowest BCUT2D eigenvalue weighted by molar-refractivity contribution is 0.473. The summed E-state index contributed by atoms with van der Waals surface area (Å²) in [7, 11) is 0. The van der Waals surface area contributed by atoms with E-state index in [1.165, 1.54) is 25.7 Å². The third kappa shape index (κ3) is 2.70. The Bertz CT molecular complexity index is 591. The van der Waals surface area contributed by atoms with E-state index in [4.69, 9.17) is 5.73 Å². The molecule has 3 N–H and O–H groups in total. The Morgan fingerprint density at radius 2 is 2.00 bits per heavy atom. The van der Waals surface area contributed by atoms with Crippen molar-refractivity contribution in [3.63, 3.8) is 0 Å². The van der Waals surface area contributed by atoms with Gasteiger partial charge in [0, 0.05) is 28.6 Å². The Morgan fingerprint density at radius 3 is 2.75 bits per heavy atom. The molecule has 0 radical (unpaired) electrons. The summed E-state index contributed by atoms with van der Waals surface area (Å²) in [5, 5.41) is 5.66. The third-order valence-corrected chi connectivity index (χ3v) is 5.31. The van der Waals surface area contributed by atoms with Crippen LogP contribution in [-0.2, 0) is 0 Å². The average Bonchev–Trinajstić information content (AvgIpc) is 2.49. The number of anilines is 2. The van der Waals surface area contributed by atoms with Gasteiger partial charge in [0.2, 0.25) is 0 Å². The van der Waals surface area contributed by atoms with Gasteiger partial charge in [-0.1, -0.05) is 12.1 Å². The van der Waals surface area contributed by atoms with E-state index in [0.29, 0.717) is 6.04 Å². The molecular formula is C16H21N3S. The highest BCUT2D eigenvalue weighted by atomic mass is 32.2. The second-order valence-corrected chi connectivity index (χ2v) is 6.59. The van der Waals surface area contributed by atoms with Gasteiger partial charge >= 0.3 is 0 Å². The average molecular weight is 287 g/mol. The van der Waals surface area contributed by atoms with Crippen LogP contribution in [0.1, 0.15) is 25.7 Å². The molecular weight excluding hydrogens is 266 g/mol. The van der Waals surface area contributed by atoms with E-state index in [9.17, 15) is 0 Å². The molecule has 2 aromatic rings. The van der Waals surface area contributed by atoms with E-state index in [0.717, 1.165) is 27.5 Å². The fourth-order valence-electron chi connectivity index (χ4n) is 2.99. The Morgan fingerprint density at radius 1 is 1.20 bits per heavy atom. The standard InChI is InChI=1S/C16H21N3S/c1-20-12-7-5-11(6-8-12)19-15-9-10-18-16-13(15)3-2-4-14(16)17/h2-4,9-12H,5-8,17H2,1H3,(H,18,19). The summed E-state index contributed by atoms with van der Waals surface area (Å²) in [5.74, 6) is 0. The summed E-state index contributed by atoms with van der Waals surface area (Å²) in [5.41, 5.74) is 8.81. The highest BCUT2D eigenvalue weighted by molar-refractivity contribution is 7.99. The van der Waals surface area contributed by atoms with Crippen molar-refractivity contribution < 1.29 is 0 Å². The van der Waals surface area contributed by atoms with Crippen LogP contribution in [-0.4, -0.2) is 22.5 Å². The number of para-hydroxylation sites is 1. The van der Waals surface area contributed by atoms with E-state index in [-0.39, 0.29) is 0 Å². The lowest BCUT2D eigenvalue weighted by Gasteiger charge is -2.29. The maximum absolute atomic E-state index is 6.00. The van der Waals surface area contributed by atoms with Gasteiger partial charge in [-0.2, -0.15) is 11.8 Å². The van der Waals surface area contributed by atoms with Gasteiger partial charge in [-0.05, 0) is 44.1 Å². The number of aromatic nitrogens is 1. The highest BCUT2D eigenvalue weighted by Gasteiger charge is 2.20. The van der Waals surface area contributed by atoms with Crippen molar-refractivity contribution in [3.8, 4) is 0 Å². The predicted molar refractivity (Wildman–Crippen MR) is 89.3 cm³/mol. The molecule has 1 fully saturated rings. The van der Waals surface area contributed by atoms with Crippen LogP contribution in [0.5, 0.6) is 0 Å². The number of hydrogen-bond acceptors (Lipinski definition) is 4. The Labute approximate surface area is 124 Å². The molecule has 0 aliphatic heterocycles. The number of nitrogens with zero attached hydrogens (tertiary/aromatic N) is 1. The molecule has 0 atom stereocenters. The van der Waals surface area contributed by atoms with Crippen molar-refractivity contribution >= 4 is 34.0 Å². The number of fused-ring (bicyclic) bond motifs is 1. The first-order valence-electron chi connectivity index (χ1n) is 7.20. The van der Waals surface area contributed by atoms with E-state index in [1.54, 1.807) is 0 Å². The fourth-order valence-corrected chi connectivity index (χ4v) is 3.73. The summed E-state index contributed by atoms with van der Waals surface area (Å²) in [6.45, 7) is 0. The first kappa shape index (κ1) is 13.6. The van der Waals surface area contributed by atoms with Gasteiger partial charge in [-0.3, -0.25) is 4.98 Å². The SMILES string of the molecule is CSC1CCC(Nc2ccnc3c(N)cccc23)CC1. The molecule has 4 heteroatoms. The molecule has 3 rings (SSSR count). The summed E-state index contributed by atoms with van der Waals surface area (Å²) < 4.78 is 0. The van der Waals surface area contributed by atoms with Crippen LogP contribution in [0, 0.1) is 0 Å². The van der Waals surface area contributed by atoms with E-state index >= 15 is 0 Å². The number of rotatable bonds is 3. The molecule has 0 amide bonds. The summed E-state index contributed by atoms with van der Waals surface area (Å²) in [6, 6.07) is 8.62. The van der Waals surface area contributed by atoms with Crippen LogP contribution in [0.15, 0.2) is 30.5 Å². The molecule has 3 nitrogen and oxygen atoms in total. The van der Waals surface area contributed by atoms with Gasteiger partial charge in [0.25, 0.3) is 0 Å². The van der Waals surface area contributed by atoms with Crippen LogP contribution in [0.2, 0.25) is 0 Å². The van der Waals surface area contributed by atoms with E-state index in [2.05, 4.69) is 28.7 Å². The van der Waals surface area contributed by atoms with Crippen molar-refractivity contribution in [2.45, 2.75) is 37.0 Å². The number of nitrogens with one attached hydrogen (secondary N) is 1. The second kappa shape index (κ2) is 5.92. The topological polar surface area (TPSA) is 50.9 Å². The fraction of sp³-hybridized carbons (Fsp3) is 0.438. The normalized spacial score (nSPS) is 22.9. The van der Waals surface area contributed by atoms with Crippen LogP contribution in [0.25, 0.3) is 10.9 Å². The summed E-state index contributed by atoms with van der Waals surface area (Å²) in [6.07, 6.45) is 9.18. The number of hydrogen-bond donors (Lipinski definition) is 2. The molecule has 0 spiro atoms. The smallest absolute Gasteiger partial charge is 0.0951 e. The van der Waals surface area contributed by atoms with Gasteiger partial charge < -0.3 is 11.1 Å². The minimum atomic E-state index is 0.574. The number of nitrogen functional groups attached to an aromatic ring is 1. The van der Waals surface area contributed by atoms with Gasteiger partial charge in [0.1, 0.15) is 0 Å². The zero-order valence-corrected chi connectivity index (χ0v) is 12.6. The van der Waals surface area contributed by atoms with Gasteiger partial charge in [0.15, 0.2) is 0 Å².